The van der Waals surface area contributed by atoms with Crippen molar-refractivity contribution in [3.63, 3.8) is 0 Å². The highest BCUT2D eigenvalue weighted by molar-refractivity contribution is 7.07. The molecule has 0 amide bonds. The van der Waals surface area contributed by atoms with Gasteiger partial charge in [0.1, 0.15) is 0 Å². The van der Waals surface area contributed by atoms with Gasteiger partial charge in [0.2, 0.25) is 0 Å². The van der Waals surface area contributed by atoms with E-state index in [1.807, 2.05) is 0 Å². The van der Waals surface area contributed by atoms with E-state index in [1.165, 1.54) is 37.7 Å². The molecule has 0 aliphatic heterocycles. The van der Waals surface area contributed by atoms with Crippen molar-refractivity contribution >= 4 is 11.3 Å². The number of rotatable bonds is 3. The van der Waals surface area contributed by atoms with Crippen LogP contribution in [0.4, 0.5) is 0 Å². The second-order valence-corrected chi connectivity index (χ2v) is 6.96. The van der Waals surface area contributed by atoms with Crippen LogP contribution in [0.25, 0.3) is 0 Å². The summed E-state index contributed by atoms with van der Waals surface area (Å²) in [5.74, 6) is 0. The summed E-state index contributed by atoms with van der Waals surface area (Å²) in [6.45, 7) is 5.62. The SMILES string of the molecule is CC1(C)CCC(CN)(Cc2ccsc2)CC1. The normalized spacial score (nSPS) is 23.2. The molecular weight excluding hydrogens is 214 g/mol. The van der Waals surface area contributed by atoms with E-state index < -0.39 is 0 Å². The van der Waals surface area contributed by atoms with E-state index >= 15 is 0 Å². The molecule has 16 heavy (non-hydrogen) atoms. The molecule has 0 radical (unpaired) electrons. The first-order valence-electron chi connectivity index (χ1n) is 6.27. The second kappa shape index (κ2) is 4.50. The minimum Gasteiger partial charge on any atom is -0.330 e. The van der Waals surface area contributed by atoms with Crippen LogP contribution in [0.3, 0.4) is 0 Å². The summed E-state index contributed by atoms with van der Waals surface area (Å²) in [4.78, 5) is 0. The quantitative estimate of drug-likeness (QED) is 0.849. The molecule has 1 aromatic heterocycles. The van der Waals surface area contributed by atoms with Gasteiger partial charge in [0.05, 0.1) is 0 Å². The fourth-order valence-corrected chi connectivity index (χ4v) is 3.41. The lowest BCUT2D eigenvalue weighted by Gasteiger charge is -2.43. The Labute approximate surface area is 103 Å². The first-order valence-corrected chi connectivity index (χ1v) is 7.21. The lowest BCUT2D eigenvalue weighted by atomic mass is 9.63. The molecule has 1 aliphatic carbocycles. The van der Waals surface area contributed by atoms with Crippen molar-refractivity contribution in [2.24, 2.45) is 16.6 Å². The van der Waals surface area contributed by atoms with Gasteiger partial charge in [0, 0.05) is 0 Å². The fourth-order valence-electron chi connectivity index (χ4n) is 2.74. The molecule has 0 unspecified atom stereocenters. The Hall–Kier alpha value is -0.340. The fraction of sp³-hybridized carbons (Fsp3) is 0.714. The average molecular weight is 237 g/mol. The predicted molar refractivity (Wildman–Crippen MR) is 71.8 cm³/mol. The topological polar surface area (TPSA) is 26.0 Å². The highest BCUT2D eigenvalue weighted by Crippen LogP contribution is 2.46. The van der Waals surface area contributed by atoms with Crippen molar-refractivity contribution in [2.75, 3.05) is 6.54 Å². The minimum atomic E-state index is 0.386. The zero-order valence-corrected chi connectivity index (χ0v) is 11.3. The van der Waals surface area contributed by atoms with Gasteiger partial charge >= 0.3 is 0 Å². The van der Waals surface area contributed by atoms with E-state index in [1.54, 1.807) is 11.3 Å². The summed E-state index contributed by atoms with van der Waals surface area (Å²) in [7, 11) is 0. The third-order valence-corrected chi connectivity index (χ3v) is 4.99. The highest BCUT2D eigenvalue weighted by Gasteiger charge is 2.37. The first-order chi connectivity index (χ1) is 7.55. The summed E-state index contributed by atoms with van der Waals surface area (Å²) in [5.41, 5.74) is 8.45. The predicted octanol–water partition coefficient (Wildman–Crippen LogP) is 3.84. The van der Waals surface area contributed by atoms with Crippen LogP contribution in [0.1, 0.15) is 45.1 Å². The first kappa shape index (κ1) is 12.1. The maximum atomic E-state index is 6.05. The standard InChI is InChI=1S/C14H23NS/c1-13(2)4-6-14(11-15,7-5-13)9-12-3-8-16-10-12/h3,8,10H,4-7,9,11,15H2,1-2H3. The van der Waals surface area contributed by atoms with Crippen molar-refractivity contribution in [2.45, 2.75) is 46.0 Å². The number of hydrogen-bond acceptors (Lipinski definition) is 2. The minimum absolute atomic E-state index is 0.386. The van der Waals surface area contributed by atoms with Crippen LogP contribution in [0, 0.1) is 10.8 Å². The van der Waals surface area contributed by atoms with Crippen LogP contribution < -0.4 is 5.73 Å². The second-order valence-electron chi connectivity index (χ2n) is 6.18. The monoisotopic (exact) mass is 237 g/mol. The molecule has 0 bridgehead atoms. The maximum Gasteiger partial charge on any atom is -0.00173 e. The molecule has 2 heteroatoms. The van der Waals surface area contributed by atoms with E-state index in [9.17, 15) is 0 Å². The molecule has 0 spiro atoms. The van der Waals surface area contributed by atoms with Crippen molar-refractivity contribution in [3.05, 3.63) is 22.4 Å². The van der Waals surface area contributed by atoms with Gasteiger partial charge in [-0.2, -0.15) is 11.3 Å². The van der Waals surface area contributed by atoms with Crippen LogP contribution >= 0.6 is 11.3 Å². The third kappa shape index (κ3) is 2.67. The van der Waals surface area contributed by atoms with E-state index in [4.69, 9.17) is 5.73 Å². The van der Waals surface area contributed by atoms with Crippen LogP contribution in [0.15, 0.2) is 16.8 Å². The zero-order valence-electron chi connectivity index (χ0n) is 10.5. The molecule has 1 fully saturated rings. The largest absolute Gasteiger partial charge is 0.330 e. The summed E-state index contributed by atoms with van der Waals surface area (Å²) >= 11 is 1.80. The van der Waals surface area contributed by atoms with Crippen molar-refractivity contribution in [3.8, 4) is 0 Å². The lowest BCUT2D eigenvalue weighted by Crippen LogP contribution is -2.38. The molecule has 2 rings (SSSR count). The Morgan fingerprint density at radius 3 is 2.44 bits per heavy atom. The molecule has 1 nitrogen and oxygen atoms in total. The Balaban J connectivity index is 2.04. The molecule has 1 saturated carbocycles. The highest BCUT2D eigenvalue weighted by atomic mass is 32.1. The number of hydrogen-bond donors (Lipinski definition) is 1. The molecule has 0 saturated heterocycles. The Kier molecular flexibility index (Phi) is 3.41. The van der Waals surface area contributed by atoms with E-state index in [-0.39, 0.29) is 0 Å². The molecule has 90 valence electrons. The van der Waals surface area contributed by atoms with Crippen molar-refractivity contribution in [1.29, 1.82) is 0 Å². The number of nitrogens with two attached hydrogens (primary N) is 1. The van der Waals surface area contributed by atoms with Gasteiger partial charge in [0.15, 0.2) is 0 Å². The van der Waals surface area contributed by atoms with Crippen LogP contribution in [-0.2, 0) is 6.42 Å². The van der Waals surface area contributed by atoms with Gasteiger partial charge in [-0.05, 0) is 71.9 Å². The summed E-state index contributed by atoms with van der Waals surface area (Å²) in [5, 5.41) is 4.45. The third-order valence-electron chi connectivity index (χ3n) is 4.26. The van der Waals surface area contributed by atoms with Gasteiger partial charge in [-0.25, -0.2) is 0 Å². The zero-order chi connectivity index (χ0) is 11.6. The van der Waals surface area contributed by atoms with E-state index in [0.29, 0.717) is 10.8 Å². The summed E-state index contributed by atoms with van der Waals surface area (Å²) < 4.78 is 0. The summed E-state index contributed by atoms with van der Waals surface area (Å²) in [6, 6.07) is 2.25. The van der Waals surface area contributed by atoms with Crippen LogP contribution in [-0.4, -0.2) is 6.54 Å². The average Bonchev–Trinajstić information content (AvgIpc) is 2.74. The smallest absolute Gasteiger partial charge is 0.00173 e. The molecule has 0 aromatic carbocycles. The van der Waals surface area contributed by atoms with E-state index in [0.717, 1.165) is 6.54 Å². The molecule has 0 atom stereocenters. The van der Waals surface area contributed by atoms with Gasteiger partial charge < -0.3 is 5.73 Å². The Bertz CT molecular complexity index is 317. The molecule has 2 N–H and O–H groups in total. The molecular formula is C14H23NS. The molecule has 1 aliphatic rings. The molecule has 1 aromatic rings. The lowest BCUT2D eigenvalue weighted by molar-refractivity contribution is 0.108. The van der Waals surface area contributed by atoms with Gasteiger partial charge in [-0.3, -0.25) is 0 Å². The maximum absolute atomic E-state index is 6.05. The van der Waals surface area contributed by atoms with Crippen LogP contribution in [0.5, 0.6) is 0 Å². The van der Waals surface area contributed by atoms with Gasteiger partial charge in [-0.15, -0.1) is 0 Å². The number of thiophene rings is 1. The van der Waals surface area contributed by atoms with E-state index in [2.05, 4.69) is 30.7 Å². The van der Waals surface area contributed by atoms with Gasteiger partial charge in [0.25, 0.3) is 0 Å². The Morgan fingerprint density at radius 2 is 1.94 bits per heavy atom. The Morgan fingerprint density at radius 1 is 1.25 bits per heavy atom. The van der Waals surface area contributed by atoms with Crippen LogP contribution in [0.2, 0.25) is 0 Å². The molecule has 1 heterocycles. The van der Waals surface area contributed by atoms with Crippen molar-refractivity contribution < 1.29 is 0 Å². The van der Waals surface area contributed by atoms with Gasteiger partial charge in [-0.1, -0.05) is 13.8 Å². The summed E-state index contributed by atoms with van der Waals surface area (Å²) in [6.07, 6.45) is 6.43. The van der Waals surface area contributed by atoms with Crippen molar-refractivity contribution in [1.82, 2.24) is 0 Å².